The van der Waals surface area contributed by atoms with Gasteiger partial charge < -0.3 is 10.4 Å². The lowest BCUT2D eigenvalue weighted by atomic mass is 9.61. The average molecular weight is 211 g/mol. The maximum atomic E-state index is 11.4. The second-order valence-electron chi connectivity index (χ2n) is 4.78. The van der Waals surface area contributed by atoms with Gasteiger partial charge in [-0.2, -0.15) is 0 Å². The van der Waals surface area contributed by atoms with Crippen LogP contribution in [0.3, 0.4) is 0 Å². The Morgan fingerprint density at radius 3 is 2.87 bits per heavy atom. The van der Waals surface area contributed by atoms with Gasteiger partial charge in [-0.05, 0) is 24.7 Å². The average Bonchev–Trinajstić information content (AvgIpc) is 2.17. The number of aliphatic carboxylic acids is 1. The summed E-state index contributed by atoms with van der Waals surface area (Å²) >= 11 is 0. The quantitative estimate of drug-likeness (QED) is 0.684. The Morgan fingerprint density at radius 1 is 1.40 bits per heavy atom. The highest BCUT2D eigenvalue weighted by Crippen LogP contribution is 2.47. The summed E-state index contributed by atoms with van der Waals surface area (Å²) in [6.07, 6.45) is 4.93. The normalized spacial score (nSPS) is 36.3. The zero-order valence-corrected chi connectivity index (χ0v) is 8.79. The molecule has 1 saturated heterocycles. The van der Waals surface area contributed by atoms with Crippen molar-refractivity contribution in [3.8, 4) is 0 Å². The van der Waals surface area contributed by atoms with Crippen LogP contribution in [0.2, 0.25) is 0 Å². The molecule has 0 radical (unpaired) electrons. The molecule has 0 aromatic heterocycles. The molecule has 1 heterocycles. The highest BCUT2D eigenvalue weighted by molar-refractivity contribution is 5.79. The molecule has 0 aromatic rings. The van der Waals surface area contributed by atoms with Gasteiger partial charge in [0.15, 0.2) is 0 Å². The maximum absolute atomic E-state index is 11.4. The van der Waals surface area contributed by atoms with Crippen LogP contribution >= 0.6 is 0 Å². The number of amides is 1. The Morgan fingerprint density at radius 2 is 2.20 bits per heavy atom. The number of hydrogen-bond donors (Lipinski definition) is 2. The molecule has 2 rings (SSSR count). The zero-order valence-electron chi connectivity index (χ0n) is 8.79. The summed E-state index contributed by atoms with van der Waals surface area (Å²) in [5.41, 5.74) is -0.244. The van der Waals surface area contributed by atoms with Crippen molar-refractivity contribution >= 4 is 11.9 Å². The fourth-order valence-electron chi connectivity index (χ4n) is 3.12. The second kappa shape index (κ2) is 3.83. The molecular formula is C11H17NO3. The minimum absolute atomic E-state index is 0.0226. The molecule has 1 spiro atoms. The Hall–Kier alpha value is -1.06. The minimum Gasteiger partial charge on any atom is -0.481 e. The first-order valence-electron chi connectivity index (χ1n) is 5.64. The summed E-state index contributed by atoms with van der Waals surface area (Å²) < 4.78 is 0. The number of carbonyl (C=O) groups excluding carboxylic acids is 1. The summed E-state index contributed by atoms with van der Waals surface area (Å²) in [4.78, 5) is 22.6. The fourth-order valence-corrected chi connectivity index (χ4v) is 3.12. The lowest BCUT2D eigenvalue weighted by Crippen LogP contribution is -2.48. The first-order valence-corrected chi connectivity index (χ1v) is 5.64. The molecule has 1 aliphatic carbocycles. The van der Waals surface area contributed by atoms with Crippen LogP contribution in [0.4, 0.5) is 0 Å². The standard InChI is InChI=1S/C11H17NO3/c13-9-7-11(5-6-12-9)4-2-1-3-8(11)10(14)15/h8H,1-7H2,(H,12,13)(H,14,15). The highest BCUT2D eigenvalue weighted by Gasteiger charge is 2.47. The second-order valence-corrected chi connectivity index (χ2v) is 4.78. The van der Waals surface area contributed by atoms with Gasteiger partial charge in [-0.15, -0.1) is 0 Å². The van der Waals surface area contributed by atoms with Crippen LogP contribution in [0, 0.1) is 11.3 Å². The number of carboxylic acid groups (broad SMARTS) is 1. The van der Waals surface area contributed by atoms with E-state index in [1.807, 2.05) is 0 Å². The molecule has 15 heavy (non-hydrogen) atoms. The summed E-state index contributed by atoms with van der Waals surface area (Å²) in [6.45, 7) is 0.641. The highest BCUT2D eigenvalue weighted by atomic mass is 16.4. The van der Waals surface area contributed by atoms with E-state index in [9.17, 15) is 14.7 Å². The van der Waals surface area contributed by atoms with Gasteiger partial charge in [0.1, 0.15) is 0 Å². The molecule has 0 bridgehead atoms. The van der Waals surface area contributed by atoms with E-state index < -0.39 is 5.97 Å². The van der Waals surface area contributed by atoms with Crippen molar-refractivity contribution in [3.63, 3.8) is 0 Å². The van der Waals surface area contributed by atoms with Crippen LogP contribution in [0.1, 0.15) is 38.5 Å². The summed E-state index contributed by atoms with van der Waals surface area (Å²) in [7, 11) is 0. The molecule has 2 atom stereocenters. The number of hydrogen-bond acceptors (Lipinski definition) is 2. The van der Waals surface area contributed by atoms with Gasteiger partial charge in [-0.3, -0.25) is 9.59 Å². The number of piperidine rings is 1. The monoisotopic (exact) mass is 211 g/mol. The van der Waals surface area contributed by atoms with E-state index in [-0.39, 0.29) is 17.2 Å². The molecule has 1 amide bonds. The molecule has 84 valence electrons. The van der Waals surface area contributed by atoms with Crippen molar-refractivity contribution in [1.29, 1.82) is 0 Å². The van der Waals surface area contributed by atoms with E-state index in [0.29, 0.717) is 13.0 Å². The number of nitrogens with one attached hydrogen (secondary N) is 1. The Balaban J connectivity index is 2.20. The number of carbonyl (C=O) groups is 2. The van der Waals surface area contributed by atoms with Gasteiger partial charge in [0.05, 0.1) is 5.92 Å². The van der Waals surface area contributed by atoms with Crippen LogP contribution in [0.5, 0.6) is 0 Å². The third kappa shape index (κ3) is 1.85. The van der Waals surface area contributed by atoms with E-state index >= 15 is 0 Å². The summed E-state index contributed by atoms with van der Waals surface area (Å²) in [5, 5.41) is 12.0. The van der Waals surface area contributed by atoms with E-state index in [0.717, 1.165) is 32.1 Å². The van der Waals surface area contributed by atoms with Crippen LogP contribution in [-0.2, 0) is 9.59 Å². The van der Waals surface area contributed by atoms with Crippen molar-refractivity contribution in [1.82, 2.24) is 5.32 Å². The van der Waals surface area contributed by atoms with Gasteiger partial charge in [0.25, 0.3) is 0 Å². The lowest BCUT2D eigenvalue weighted by molar-refractivity contribution is -0.151. The summed E-state index contributed by atoms with van der Waals surface area (Å²) in [6, 6.07) is 0. The van der Waals surface area contributed by atoms with Crippen LogP contribution in [0.25, 0.3) is 0 Å². The minimum atomic E-state index is -0.718. The Labute approximate surface area is 89.0 Å². The first kappa shape index (κ1) is 10.5. The zero-order chi connectivity index (χ0) is 10.9. The van der Waals surface area contributed by atoms with Crippen molar-refractivity contribution in [2.45, 2.75) is 38.5 Å². The molecule has 2 aliphatic rings. The van der Waals surface area contributed by atoms with E-state index in [1.165, 1.54) is 0 Å². The van der Waals surface area contributed by atoms with Crippen molar-refractivity contribution < 1.29 is 14.7 Å². The third-order valence-electron chi connectivity index (χ3n) is 3.91. The van der Waals surface area contributed by atoms with Crippen molar-refractivity contribution in [3.05, 3.63) is 0 Å². The predicted octanol–water partition coefficient (Wildman–Crippen LogP) is 1.16. The molecule has 0 aromatic carbocycles. The molecule has 1 saturated carbocycles. The van der Waals surface area contributed by atoms with Gasteiger partial charge in [0.2, 0.25) is 5.91 Å². The van der Waals surface area contributed by atoms with Gasteiger partial charge in [-0.25, -0.2) is 0 Å². The van der Waals surface area contributed by atoms with Crippen molar-refractivity contribution in [2.75, 3.05) is 6.54 Å². The molecule has 1 aliphatic heterocycles. The Bertz CT molecular complexity index is 286. The number of rotatable bonds is 1. The van der Waals surface area contributed by atoms with Gasteiger partial charge in [0, 0.05) is 13.0 Å². The first-order chi connectivity index (χ1) is 7.14. The predicted molar refractivity (Wildman–Crippen MR) is 54.3 cm³/mol. The van der Waals surface area contributed by atoms with E-state index in [4.69, 9.17) is 0 Å². The largest absolute Gasteiger partial charge is 0.481 e. The topological polar surface area (TPSA) is 66.4 Å². The smallest absolute Gasteiger partial charge is 0.307 e. The molecule has 2 unspecified atom stereocenters. The molecule has 4 heteroatoms. The van der Waals surface area contributed by atoms with Gasteiger partial charge in [-0.1, -0.05) is 12.8 Å². The lowest BCUT2D eigenvalue weighted by Gasteiger charge is -2.44. The summed E-state index contributed by atoms with van der Waals surface area (Å²) in [5.74, 6) is -1.00. The van der Waals surface area contributed by atoms with E-state index in [1.54, 1.807) is 0 Å². The molecular weight excluding hydrogens is 194 g/mol. The number of carboxylic acids is 1. The third-order valence-corrected chi connectivity index (χ3v) is 3.91. The van der Waals surface area contributed by atoms with Gasteiger partial charge >= 0.3 is 5.97 Å². The molecule has 2 fully saturated rings. The van der Waals surface area contributed by atoms with Crippen LogP contribution < -0.4 is 5.32 Å². The fraction of sp³-hybridized carbons (Fsp3) is 0.818. The van der Waals surface area contributed by atoms with Crippen LogP contribution in [0.15, 0.2) is 0 Å². The van der Waals surface area contributed by atoms with Crippen LogP contribution in [-0.4, -0.2) is 23.5 Å². The SMILES string of the molecule is O=C1CC2(CCCCC2C(=O)O)CCN1. The maximum Gasteiger partial charge on any atom is 0.307 e. The van der Waals surface area contributed by atoms with Crippen molar-refractivity contribution in [2.24, 2.45) is 11.3 Å². The molecule has 2 N–H and O–H groups in total. The Kier molecular flexibility index (Phi) is 2.67. The van der Waals surface area contributed by atoms with E-state index in [2.05, 4.69) is 5.32 Å². The molecule has 4 nitrogen and oxygen atoms in total.